The van der Waals surface area contributed by atoms with Gasteiger partial charge in [-0.1, -0.05) is 15.9 Å². The van der Waals surface area contributed by atoms with Crippen molar-refractivity contribution < 1.29 is 4.74 Å². The fourth-order valence-corrected chi connectivity index (χ4v) is 2.56. The van der Waals surface area contributed by atoms with Crippen LogP contribution in [0.4, 0.5) is 0 Å². The van der Waals surface area contributed by atoms with Crippen LogP contribution < -0.4 is 0 Å². The second-order valence-electron chi connectivity index (χ2n) is 4.36. The molecular weight excluding hydrogens is 268 g/mol. The Kier molecular flexibility index (Phi) is 2.48. The van der Waals surface area contributed by atoms with Crippen LogP contribution in [0.25, 0.3) is 11.0 Å². The van der Waals surface area contributed by atoms with Crippen molar-refractivity contribution in [2.24, 2.45) is 0 Å². The monoisotopic (exact) mass is 280 g/mol. The van der Waals surface area contributed by atoms with E-state index in [4.69, 9.17) is 4.74 Å². The van der Waals surface area contributed by atoms with Crippen molar-refractivity contribution in [2.75, 3.05) is 6.61 Å². The molecule has 1 aromatic heterocycles. The van der Waals surface area contributed by atoms with E-state index in [-0.39, 0.29) is 0 Å². The first-order valence-electron chi connectivity index (χ1n) is 5.49. The summed E-state index contributed by atoms with van der Waals surface area (Å²) in [7, 11) is 0. The Morgan fingerprint density at radius 3 is 3.12 bits per heavy atom. The van der Waals surface area contributed by atoms with Gasteiger partial charge in [0.1, 0.15) is 5.82 Å². The van der Waals surface area contributed by atoms with Gasteiger partial charge in [0.05, 0.1) is 23.7 Å². The highest BCUT2D eigenvalue weighted by Crippen LogP contribution is 2.29. The molecule has 0 spiro atoms. The maximum absolute atomic E-state index is 5.57. The summed E-state index contributed by atoms with van der Waals surface area (Å²) < 4.78 is 6.65. The molecule has 0 amide bonds. The summed E-state index contributed by atoms with van der Waals surface area (Å²) in [4.78, 5) is 7.99. The van der Waals surface area contributed by atoms with E-state index in [0.717, 1.165) is 34.4 Å². The van der Waals surface area contributed by atoms with Gasteiger partial charge in [0.2, 0.25) is 0 Å². The number of halogens is 1. The van der Waals surface area contributed by atoms with Crippen LogP contribution in [-0.4, -0.2) is 22.7 Å². The molecule has 0 saturated carbocycles. The summed E-state index contributed by atoms with van der Waals surface area (Å²) in [6, 6.07) is 6.10. The molecule has 2 aromatic rings. The Morgan fingerprint density at radius 1 is 1.50 bits per heavy atom. The van der Waals surface area contributed by atoms with Gasteiger partial charge in [0.15, 0.2) is 0 Å². The average Bonchev–Trinajstić information content (AvgIpc) is 2.83. The number of hydrogen-bond acceptors (Lipinski definition) is 2. The van der Waals surface area contributed by atoms with Gasteiger partial charge in [0, 0.05) is 10.4 Å². The number of aromatic nitrogens is 2. The lowest BCUT2D eigenvalue weighted by atomic mass is 10.1. The summed E-state index contributed by atoms with van der Waals surface area (Å²) in [5, 5.41) is 0. The summed E-state index contributed by atoms with van der Waals surface area (Å²) in [5.41, 5.74) is 2.11. The molecule has 0 bridgehead atoms. The first-order chi connectivity index (χ1) is 7.72. The number of nitrogens with one attached hydrogen (secondary N) is 1. The first kappa shape index (κ1) is 10.3. The standard InChI is InChI=1S/C12H13BrN2O/c1-7-4-8(6-16-7)12-14-10-3-2-9(13)5-11(10)15-12/h2-3,5,7-8H,4,6H2,1H3,(H,14,15). The Bertz CT molecular complexity index is 523. The number of rotatable bonds is 1. The van der Waals surface area contributed by atoms with Crippen LogP contribution in [0.3, 0.4) is 0 Å². The Hall–Kier alpha value is -0.870. The van der Waals surface area contributed by atoms with E-state index >= 15 is 0 Å². The average molecular weight is 281 g/mol. The number of hydrogen-bond donors (Lipinski definition) is 1. The van der Waals surface area contributed by atoms with E-state index in [2.05, 4.69) is 38.9 Å². The minimum atomic E-state index is 0.352. The van der Waals surface area contributed by atoms with Crippen molar-refractivity contribution in [3.05, 3.63) is 28.5 Å². The smallest absolute Gasteiger partial charge is 0.112 e. The number of benzene rings is 1. The molecule has 1 N–H and O–H groups in total. The lowest BCUT2D eigenvalue weighted by Crippen LogP contribution is -1.99. The van der Waals surface area contributed by atoms with Gasteiger partial charge in [-0.15, -0.1) is 0 Å². The molecule has 1 saturated heterocycles. The quantitative estimate of drug-likeness (QED) is 0.871. The van der Waals surface area contributed by atoms with Crippen LogP contribution in [-0.2, 0) is 4.74 Å². The van der Waals surface area contributed by atoms with E-state index in [0.29, 0.717) is 12.0 Å². The second kappa shape index (κ2) is 3.86. The third-order valence-electron chi connectivity index (χ3n) is 3.05. The van der Waals surface area contributed by atoms with Gasteiger partial charge < -0.3 is 9.72 Å². The van der Waals surface area contributed by atoms with E-state index in [1.165, 1.54) is 0 Å². The zero-order valence-corrected chi connectivity index (χ0v) is 10.6. The fraction of sp³-hybridized carbons (Fsp3) is 0.417. The minimum Gasteiger partial charge on any atom is -0.378 e. The number of fused-ring (bicyclic) bond motifs is 1. The Labute approximate surface area is 102 Å². The third kappa shape index (κ3) is 1.76. The molecule has 1 fully saturated rings. The number of ether oxygens (including phenoxy) is 1. The predicted molar refractivity (Wildman–Crippen MR) is 66.6 cm³/mol. The minimum absolute atomic E-state index is 0.352. The van der Waals surface area contributed by atoms with Gasteiger partial charge in [-0.25, -0.2) is 4.98 Å². The fourth-order valence-electron chi connectivity index (χ4n) is 2.20. The SMILES string of the molecule is CC1CC(c2nc3ccc(Br)cc3[nH]2)CO1. The first-order valence-corrected chi connectivity index (χ1v) is 6.28. The van der Waals surface area contributed by atoms with Crippen LogP contribution in [0.15, 0.2) is 22.7 Å². The lowest BCUT2D eigenvalue weighted by Gasteiger charge is -2.01. The Balaban J connectivity index is 1.99. The van der Waals surface area contributed by atoms with E-state index in [1.54, 1.807) is 0 Å². The zero-order chi connectivity index (χ0) is 11.1. The molecule has 3 nitrogen and oxygen atoms in total. The van der Waals surface area contributed by atoms with Gasteiger partial charge in [-0.2, -0.15) is 0 Å². The lowest BCUT2D eigenvalue weighted by molar-refractivity contribution is 0.123. The highest BCUT2D eigenvalue weighted by atomic mass is 79.9. The summed E-state index contributed by atoms with van der Waals surface area (Å²) >= 11 is 3.46. The van der Waals surface area contributed by atoms with Gasteiger partial charge >= 0.3 is 0 Å². The van der Waals surface area contributed by atoms with Crippen molar-refractivity contribution in [2.45, 2.75) is 25.4 Å². The third-order valence-corrected chi connectivity index (χ3v) is 3.54. The van der Waals surface area contributed by atoms with E-state index in [1.807, 2.05) is 12.1 Å². The van der Waals surface area contributed by atoms with Gasteiger partial charge in [0.25, 0.3) is 0 Å². The molecule has 0 radical (unpaired) electrons. The molecule has 3 rings (SSSR count). The maximum atomic E-state index is 5.57. The van der Waals surface area contributed by atoms with Crippen molar-refractivity contribution in [1.29, 1.82) is 0 Å². The number of H-pyrrole nitrogens is 1. The molecule has 0 aliphatic carbocycles. The Morgan fingerprint density at radius 2 is 2.38 bits per heavy atom. The largest absolute Gasteiger partial charge is 0.378 e. The molecule has 1 aliphatic heterocycles. The van der Waals surface area contributed by atoms with Crippen LogP contribution in [0.5, 0.6) is 0 Å². The van der Waals surface area contributed by atoms with Crippen LogP contribution >= 0.6 is 15.9 Å². The van der Waals surface area contributed by atoms with Crippen molar-refractivity contribution in [3.8, 4) is 0 Å². The van der Waals surface area contributed by atoms with Crippen LogP contribution in [0, 0.1) is 0 Å². The molecular formula is C12H13BrN2O. The number of aromatic amines is 1. The van der Waals surface area contributed by atoms with Crippen LogP contribution in [0.1, 0.15) is 25.1 Å². The molecule has 2 heterocycles. The molecule has 2 unspecified atom stereocenters. The summed E-state index contributed by atoms with van der Waals surface area (Å²) in [6.45, 7) is 2.89. The molecule has 2 atom stereocenters. The molecule has 84 valence electrons. The molecule has 4 heteroatoms. The molecule has 1 aliphatic rings. The van der Waals surface area contributed by atoms with Crippen LogP contribution in [0.2, 0.25) is 0 Å². The van der Waals surface area contributed by atoms with E-state index in [9.17, 15) is 0 Å². The normalized spacial score (nSPS) is 25.4. The predicted octanol–water partition coefficient (Wildman–Crippen LogP) is 3.22. The topological polar surface area (TPSA) is 37.9 Å². The second-order valence-corrected chi connectivity index (χ2v) is 5.28. The number of nitrogens with zero attached hydrogens (tertiary/aromatic N) is 1. The van der Waals surface area contributed by atoms with Gasteiger partial charge in [-0.3, -0.25) is 0 Å². The van der Waals surface area contributed by atoms with Crippen molar-refractivity contribution >= 4 is 27.0 Å². The van der Waals surface area contributed by atoms with Crippen molar-refractivity contribution in [3.63, 3.8) is 0 Å². The molecule has 1 aromatic carbocycles. The highest BCUT2D eigenvalue weighted by Gasteiger charge is 2.25. The number of imidazole rings is 1. The zero-order valence-electron chi connectivity index (χ0n) is 9.03. The van der Waals surface area contributed by atoms with Gasteiger partial charge in [-0.05, 0) is 31.5 Å². The van der Waals surface area contributed by atoms with Crippen molar-refractivity contribution in [1.82, 2.24) is 9.97 Å². The summed E-state index contributed by atoms with van der Waals surface area (Å²) in [5.74, 6) is 1.47. The molecule has 16 heavy (non-hydrogen) atoms. The highest BCUT2D eigenvalue weighted by molar-refractivity contribution is 9.10. The maximum Gasteiger partial charge on any atom is 0.112 e. The van der Waals surface area contributed by atoms with E-state index < -0.39 is 0 Å². The summed E-state index contributed by atoms with van der Waals surface area (Å²) in [6.07, 6.45) is 1.41.